The molecule has 46 heavy (non-hydrogen) atoms. The van der Waals surface area contributed by atoms with Crippen LogP contribution in [0.15, 0.2) is 102 Å². The van der Waals surface area contributed by atoms with Gasteiger partial charge >= 0.3 is 0 Å². The highest BCUT2D eigenvalue weighted by atomic mass is 35.5. The Kier molecular flexibility index (Phi) is 11.9. The molecule has 10 heteroatoms. The minimum absolute atomic E-state index is 0.00640. The van der Waals surface area contributed by atoms with E-state index < -0.39 is 28.5 Å². The lowest BCUT2D eigenvalue weighted by Crippen LogP contribution is -2.54. The summed E-state index contributed by atoms with van der Waals surface area (Å²) in [5.74, 6) is -0.903. The van der Waals surface area contributed by atoms with Crippen LogP contribution >= 0.6 is 23.2 Å². The van der Waals surface area contributed by atoms with E-state index in [2.05, 4.69) is 5.32 Å². The lowest BCUT2D eigenvalue weighted by Gasteiger charge is -2.34. The largest absolute Gasteiger partial charge is 0.352 e. The summed E-state index contributed by atoms with van der Waals surface area (Å²) in [7, 11) is -4.30. The van der Waals surface area contributed by atoms with Gasteiger partial charge in [0.25, 0.3) is 10.0 Å². The van der Waals surface area contributed by atoms with Gasteiger partial charge in [-0.25, -0.2) is 8.42 Å². The van der Waals surface area contributed by atoms with Gasteiger partial charge in [-0.1, -0.05) is 114 Å². The standard InChI is InChI=1S/C36H39Cl2N3O4S/c1-5-27(4)39-36(43)33(22-28-10-7-6-8-11-28)40(23-29-18-14-25(2)15-19-29)34(42)24-41(32-13-9-12-31(37)35(32)38)46(44,45)30-20-16-26(3)17-21-30/h6-21,27,33H,5,22-24H2,1-4H3,(H,39,43)/t27-,33+/m0/s1. The Morgan fingerprint density at radius 2 is 1.41 bits per heavy atom. The Bertz CT molecular complexity index is 1750. The second-order valence-electron chi connectivity index (χ2n) is 11.4. The molecule has 0 aliphatic carbocycles. The molecule has 4 aromatic carbocycles. The molecule has 0 fully saturated rings. The van der Waals surface area contributed by atoms with Crippen LogP contribution < -0.4 is 9.62 Å². The van der Waals surface area contributed by atoms with Crippen LogP contribution in [-0.4, -0.2) is 43.8 Å². The number of halogens is 2. The number of aryl methyl sites for hydroxylation is 2. The molecule has 1 N–H and O–H groups in total. The zero-order valence-electron chi connectivity index (χ0n) is 26.4. The van der Waals surface area contributed by atoms with Crippen LogP contribution in [0.25, 0.3) is 0 Å². The van der Waals surface area contributed by atoms with Crippen molar-refractivity contribution in [2.45, 2.75) is 64.1 Å². The first-order chi connectivity index (χ1) is 21.9. The van der Waals surface area contributed by atoms with Crippen molar-refractivity contribution in [2.75, 3.05) is 10.8 Å². The van der Waals surface area contributed by atoms with Crippen LogP contribution in [0.2, 0.25) is 10.0 Å². The predicted molar refractivity (Wildman–Crippen MR) is 186 cm³/mol. The Morgan fingerprint density at radius 1 is 0.804 bits per heavy atom. The van der Waals surface area contributed by atoms with E-state index in [0.717, 1.165) is 26.6 Å². The number of benzene rings is 4. The number of sulfonamides is 1. The van der Waals surface area contributed by atoms with Gasteiger partial charge in [-0.05, 0) is 62.6 Å². The molecule has 0 bridgehead atoms. The van der Waals surface area contributed by atoms with E-state index in [4.69, 9.17) is 23.2 Å². The average molecular weight is 681 g/mol. The number of hydrogen-bond acceptors (Lipinski definition) is 4. The summed E-state index contributed by atoms with van der Waals surface area (Å²) >= 11 is 12.9. The second-order valence-corrected chi connectivity index (χ2v) is 14.1. The van der Waals surface area contributed by atoms with Gasteiger partial charge in [-0.2, -0.15) is 0 Å². The van der Waals surface area contributed by atoms with E-state index in [-0.39, 0.29) is 45.5 Å². The van der Waals surface area contributed by atoms with Gasteiger partial charge in [0.2, 0.25) is 11.8 Å². The summed E-state index contributed by atoms with van der Waals surface area (Å²) in [6.45, 7) is 7.14. The number of carbonyl (C=O) groups is 2. The molecular formula is C36H39Cl2N3O4S. The summed E-state index contributed by atoms with van der Waals surface area (Å²) < 4.78 is 29.4. The summed E-state index contributed by atoms with van der Waals surface area (Å²) in [4.78, 5) is 30.0. The first-order valence-electron chi connectivity index (χ1n) is 15.1. The summed E-state index contributed by atoms with van der Waals surface area (Å²) in [5.41, 5.74) is 3.63. The van der Waals surface area contributed by atoms with Crippen molar-refractivity contribution in [1.82, 2.24) is 10.2 Å². The molecule has 0 heterocycles. The third kappa shape index (κ3) is 8.69. The molecule has 0 spiro atoms. The molecule has 2 atom stereocenters. The molecule has 4 aromatic rings. The molecule has 0 unspecified atom stereocenters. The molecular weight excluding hydrogens is 641 g/mol. The van der Waals surface area contributed by atoms with E-state index >= 15 is 0 Å². The highest BCUT2D eigenvalue weighted by Gasteiger charge is 2.35. The number of nitrogens with one attached hydrogen (secondary N) is 1. The van der Waals surface area contributed by atoms with Crippen LogP contribution in [0.4, 0.5) is 5.69 Å². The number of hydrogen-bond donors (Lipinski definition) is 1. The topological polar surface area (TPSA) is 86.8 Å². The summed E-state index contributed by atoms with van der Waals surface area (Å²) in [5, 5.41) is 3.17. The maximum atomic E-state index is 14.6. The Balaban J connectivity index is 1.83. The smallest absolute Gasteiger partial charge is 0.264 e. The zero-order chi connectivity index (χ0) is 33.4. The monoisotopic (exact) mass is 679 g/mol. The lowest BCUT2D eigenvalue weighted by atomic mass is 10.0. The number of carbonyl (C=O) groups excluding carboxylic acids is 2. The third-order valence-corrected chi connectivity index (χ3v) is 10.4. The number of rotatable bonds is 13. The van der Waals surface area contributed by atoms with E-state index in [1.165, 1.54) is 23.1 Å². The molecule has 242 valence electrons. The van der Waals surface area contributed by atoms with Crippen LogP contribution in [-0.2, 0) is 32.6 Å². The van der Waals surface area contributed by atoms with Crippen molar-refractivity contribution in [3.05, 3.63) is 129 Å². The van der Waals surface area contributed by atoms with E-state index in [1.807, 2.05) is 82.3 Å². The second kappa shape index (κ2) is 15.6. The minimum Gasteiger partial charge on any atom is -0.352 e. The third-order valence-electron chi connectivity index (χ3n) is 7.83. The predicted octanol–water partition coefficient (Wildman–Crippen LogP) is 7.36. The van der Waals surface area contributed by atoms with Crippen LogP contribution in [0, 0.1) is 13.8 Å². The molecule has 2 amide bonds. The van der Waals surface area contributed by atoms with E-state index in [9.17, 15) is 18.0 Å². The molecule has 0 aromatic heterocycles. The summed E-state index contributed by atoms with van der Waals surface area (Å²) in [6, 6.07) is 27.0. The fourth-order valence-electron chi connectivity index (χ4n) is 4.92. The van der Waals surface area contributed by atoms with Crippen LogP contribution in [0.3, 0.4) is 0 Å². The minimum atomic E-state index is -4.30. The van der Waals surface area contributed by atoms with Crippen molar-refractivity contribution in [3.8, 4) is 0 Å². The first-order valence-corrected chi connectivity index (χ1v) is 17.3. The fraction of sp³-hybridized carbons (Fsp3) is 0.278. The van der Waals surface area contributed by atoms with Gasteiger partial charge in [-0.15, -0.1) is 0 Å². The number of nitrogens with zero attached hydrogens (tertiary/aromatic N) is 2. The first kappa shape index (κ1) is 35.0. The Labute approximate surface area is 282 Å². The maximum Gasteiger partial charge on any atom is 0.264 e. The van der Waals surface area contributed by atoms with Crippen molar-refractivity contribution in [2.24, 2.45) is 0 Å². The highest BCUT2D eigenvalue weighted by Crippen LogP contribution is 2.35. The van der Waals surface area contributed by atoms with Crippen molar-refractivity contribution < 1.29 is 18.0 Å². The molecule has 0 saturated carbocycles. The average Bonchev–Trinajstić information content (AvgIpc) is 3.04. The van der Waals surface area contributed by atoms with Crippen LogP contribution in [0.5, 0.6) is 0 Å². The van der Waals surface area contributed by atoms with Crippen molar-refractivity contribution >= 4 is 50.7 Å². The quantitative estimate of drug-likeness (QED) is 0.160. The zero-order valence-corrected chi connectivity index (χ0v) is 28.7. The van der Waals surface area contributed by atoms with Crippen molar-refractivity contribution in [1.29, 1.82) is 0 Å². The lowest BCUT2D eigenvalue weighted by molar-refractivity contribution is -0.140. The van der Waals surface area contributed by atoms with Gasteiger partial charge in [0, 0.05) is 19.0 Å². The van der Waals surface area contributed by atoms with Gasteiger partial charge in [0.05, 0.1) is 20.6 Å². The van der Waals surface area contributed by atoms with Crippen LogP contribution in [0.1, 0.15) is 42.5 Å². The normalized spacial score (nSPS) is 12.7. The SMILES string of the molecule is CC[C@H](C)NC(=O)[C@@H](Cc1ccccc1)N(Cc1ccc(C)cc1)C(=O)CN(c1cccc(Cl)c1Cl)S(=O)(=O)c1ccc(C)cc1. The number of amides is 2. The molecule has 0 aliphatic rings. The molecule has 7 nitrogen and oxygen atoms in total. The Hall–Kier alpha value is -3.85. The van der Waals surface area contributed by atoms with Gasteiger partial charge in [0.1, 0.15) is 12.6 Å². The molecule has 0 aliphatic heterocycles. The molecule has 0 saturated heterocycles. The van der Waals surface area contributed by atoms with Crippen molar-refractivity contribution in [3.63, 3.8) is 0 Å². The van der Waals surface area contributed by atoms with E-state index in [1.54, 1.807) is 24.3 Å². The maximum absolute atomic E-state index is 14.6. The highest BCUT2D eigenvalue weighted by molar-refractivity contribution is 7.92. The Morgan fingerprint density at radius 3 is 2.02 bits per heavy atom. The van der Waals surface area contributed by atoms with Gasteiger partial charge < -0.3 is 10.2 Å². The molecule has 4 rings (SSSR count). The summed E-state index contributed by atoms with van der Waals surface area (Å²) in [6.07, 6.45) is 0.925. The number of anilines is 1. The molecule has 0 radical (unpaired) electrons. The van der Waals surface area contributed by atoms with E-state index in [0.29, 0.717) is 6.42 Å². The van der Waals surface area contributed by atoms with Gasteiger partial charge in [-0.3, -0.25) is 13.9 Å². The fourth-order valence-corrected chi connectivity index (χ4v) is 6.79. The van der Waals surface area contributed by atoms with Gasteiger partial charge in [0.15, 0.2) is 0 Å².